The van der Waals surface area contributed by atoms with Gasteiger partial charge in [-0.1, -0.05) is 6.92 Å². The third kappa shape index (κ3) is 2.94. The summed E-state index contributed by atoms with van der Waals surface area (Å²) in [6.45, 7) is 3.62. The van der Waals surface area contributed by atoms with Gasteiger partial charge in [-0.25, -0.2) is 4.79 Å². The minimum atomic E-state index is -1.50. The molecule has 2 N–H and O–H groups in total. The number of pyridine rings is 1. The Kier molecular flexibility index (Phi) is 4.07. The van der Waals surface area contributed by atoms with Crippen LogP contribution < -0.4 is 10.2 Å². The van der Waals surface area contributed by atoms with Crippen molar-refractivity contribution in [1.29, 1.82) is 0 Å². The molecule has 2 rings (SSSR count). The molecule has 0 radical (unpaired) electrons. The molecule has 1 heterocycles. The fourth-order valence-corrected chi connectivity index (χ4v) is 2.31. The molecule has 0 aliphatic carbocycles. The Morgan fingerprint density at radius 1 is 1.33 bits per heavy atom. The van der Waals surface area contributed by atoms with E-state index in [0.29, 0.717) is 28.5 Å². The maximum atomic E-state index is 12.1. The monoisotopic (exact) mass is 289 g/mol. The van der Waals surface area contributed by atoms with Gasteiger partial charge in [-0.05, 0) is 31.0 Å². The number of rotatable bonds is 4. The second-order valence-electron chi connectivity index (χ2n) is 4.70. The zero-order valence-electron chi connectivity index (χ0n) is 11.7. The third-order valence-corrected chi connectivity index (χ3v) is 3.21. The molecule has 0 bridgehead atoms. The average molecular weight is 289 g/mol. The van der Waals surface area contributed by atoms with Crippen LogP contribution in [0.4, 0.5) is 4.79 Å². The molecule has 2 aromatic rings. The average Bonchev–Trinajstić information content (AvgIpc) is 2.37. The van der Waals surface area contributed by atoms with Crippen molar-refractivity contribution in [3.8, 4) is 5.88 Å². The molecule has 0 saturated heterocycles. The van der Waals surface area contributed by atoms with Crippen LogP contribution in [0.5, 0.6) is 5.88 Å². The van der Waals surface area contributed by atoms with Crippen LogP contribution in [-0.4, -0.2) is 22.0 Å². The summed E-state index contributed by atoms with van der Waals surface area (Å²) in [6.07, 6.45) is -0.348. The molecule has 1 aromatic carbocycles. The van der Waals surface area contributed by atoms with E-state index in [9.17, 15) is 14.4 Å². The predicted molar refractivity (Wildman–Crippen MR) is 77.2 cm³/mol. The molecule has 6 heteroatoms. The highest BCUT2D eigenvalue weighted by Gasteiger charge is 2.14. The number of carbonyl (C=O) groups is 2. The van der Waals surface area contributed by atoms with Crippen molar-refractivity contribution in [2.45, 2.75) is 26.7 Å². The second kappa shape index (κ2) is 5.78. The number of aromatic nitrogens is 1. The summed E-state index contributed by atoms with van der Waals surface area (Å²) in [6, 6.07) is 4.29. The molecule has 0 fully saturated rings. The van der Waals surface area contributed by atoms with Crippen LogP contribution in [-0.2, 0) is 0 Å². The normalized spacial score (nSPS) is 10.6. The van der Waals surface area contributed by atoms with Crippen LogP contribution in [0, 0.1) is 6.92 Å². The smallest absolute Gasteiger partial charge is 0.449 e. The number of carbonyl (C=O) groups excluding carboxylic acids is 1. The highest BCUT2D eigenvalue weighted by Crippen LogP contribution is 2.21. The summed E-state index contributed by atoms with van der Waals surface area (Å²) in [7, 11) is 0. The number of ether oxygens (including phenoxy) is 1. The zero-order valence-corrected chi connectivity index (χ0v) is 11.7. The van der Waals surface area contributed by atoms with Crippen LogP contribution in [0.15, 0.2) is 23.0 Å². The highest BCUT2D eigenvalue weighted by molar-refractivity contribution is 6.01. The summed E-state index contributed by atoms with van der Waals surface area (Å²) < 4.78 is 4.45. The molecule has 21 heavy (non-hydrogen) atoms. The van der Waals surface area contributed by atoms with E-state index in [-0.39, 0.29) is 17.1 Å². The third-order valence-electron chi connectivity index (χ3n) is 3.21. The molecule has 0 atom stereocenters. The molecule has 0 unspecified atom stereocenters. The molecular formula is C15H15NO5. The second-order valence-corrected chi connectivity index (χ2v) is 4.70. The topological polar surface area (TPSA) is 96.5 Å². The first-order valence-electron chi connectivity index (χ1n) is 6.54. The maximum Gasteiger partial charge on any atom is 0.512 e. The number of nitrogens with one attached hydrogen (secondary N) is 1. The van der Waals surface area contributed by atoms with E-state index in [4.69, 9.17) is 5.11 Å². The minimum absolute atomic E-state index is 0.0119. The van der Waals surface area contributed by atoms with Crippen molar-refractivity contribution >= 4 is 22.8 Å². The number of benzene rings is 1. The molecule has 110 valence electrons. The number of fused-ring (bicyclic) bond motifs is 1. The Balaban J connectivity index is 2.61. The van der Waals surface area contributed by atoms with Crippen molar-refractivity contribution in [3.05, 3.63) is 39.5 Å². The quantitative estimate of drug-likeness (QED) is 0.666. The van der Waals surface area contributed by atoms with Gasteiger partial charge in [0, 0.05) is 23.4 Å². The van der Waals surface area contributed by atoms with Crippen LogP contribution in [0.25, 0.3) is 10.9 Å². The Labute approximate surface area is 120 Å². The summed E-state index contributed by atoms with van der Waals surface area (Å²) >= 11 is 0. The zero-order chi connectivity index (χ0) is 15.6. The molecule has 0 spiro atoms. The predicted octanol–water partition coefficient (Wildman–Crippen LogP) is 2.88. The molecule has 0 amide bonds. The fraction of sp³-hybridized carbons (Fsp3) is 0.267. The first kappa shape index (κ1) is 14.8. The van der Waals surface area contributed by atoms with E-state index in [2.05, 4.69) is 9.72 Å². The van der Waals surface area contributed by atoms with Crippen LogP contribution in [0.1, 0.15) is 35.7 Å². The van der Waals surface area contributed by atoms with Crippen LogP contribution in [0.3, 0.4) is 0 Å². The number of H-pyrrole nitrogens is 1. The van der Waals surface area contributed by atoms with Gasteiger partial charge in [-0.3, -0.25) is 9.59 Å². The Hall–Kier alpha value is -2.63. The lowest BCUT2D eigenvalue weighted by atomic mass is 9.98. The number of aromatic amines is 1. The fourth-order valence-electron chi connectivity index (χ4n) is 2.31. The Bertz CT molecular complexity index is 775. The van der Waals surface area contributed by atoms with Gasteiger partial charge in [-0.2, -0.15) is 0 Å². The maximum absolute atomic E-state index is 12.1. The number of ketones is 1. The molecular weight excluding hydrogens is 274 g/mol. The first-order valence-corrected chi connectivity index (χ1v) is 6.54. The lowest BCUT2D eigenvalue weighted by Crippen LogP contribution is -2.11. The van der Waals surface area contributed by atoms with Crippen molar-refractivity contribution < 1.29 is 19.4 Å². The Morgan fingerprint density at radius 3 is 2.67 bits per heavy atom. The molecule has 0 aliphatic rings. The number of hydrogen-bond donors (Lipinski definition) is 2. The van der Waals surface area contributed by atoms with Crippen LogP contribution in [0.2, 0.25) is 0 Å². The lowest BCUT2D eigenvalue weighted by molar-refractivity contribution is 0.0981. The number of hydrogen-bond acceptors (Lipinski definition) is 4. The van der Waals surface area contributed by atoms with Crippen molar-refractivity contribution in [2.24, 2.45) is 0 Å². The lowest BCUT2D eigenvalue weighted by Gasteiger charge is -2.09. The van der Waals surface area contributed by atoms with Crippen LogP contribution >= 0.6 is 0 Å². The largest absolute Gasteiger partial charge is 0.512 e. The van der Waals surface area contributed by atoms with Crippen molar-refractivity contribution in [2.75, 3.05) is 0 Å². The number of aryl methyl sites for hydroxylation is 1. The minimum Gasteiger partial charge on any atom is -0.449 e. The standard InChI is InChI=1S/C15H15NO5/c1-3-4-11(17)9-5-6-10-14(8(9)2)12(18)7-13(16-10)21-15(19)20/h5-7H,3-4H2,1-2H3,(H,16,18)(H,19,20). The summed E-state index contributed by atoms with van der Waals surface area (Å²) in [5.41, 5.74) is 1.16. The van der Waals surface area contributed by atoms with E-state index in [1.807, 2.05) is 6.92 Å². The SMILES string of the molecule is CCCC(=O)c1ccc2[nH]c(OC(=O)O)cc(=O)c2c1C. The molecule has 1 aromatic heterocycles. The summed E-state index contributed by atoms with van der Waals surface area (Å²) in [5.74, 6) is -0.158. The van der Waals surface area contributed by atoms with E-state index >= 15 is 0 Å². The Morgan fingerprint density at radius 2 is 2.05 bits per heavy atom. The number of carboxylic acid groups (broad SMARTS) is 1. The van der Waals surface area contributed by atoms with Gasteiger partial charge < -0.3 is 14.8 Å². The highest BCUT2D eigenvalue weighted by atomic mass is 16.7. The van der Waals surface area contributed by atoms with E-state index in [1.54, 1.807) is 19.1 Å². The first-order chi connectivity index (χ1) is 9.93. The number of Topliss-reactive ketones (excluding diaryl/α,β-unsaturated/α-hetero) is 1. The summed E-state index contributed by atoms with van der Waals surface area (Å²) in [5, 5.41) is 8.94. The van der Waals surface area contributed by atoms with Gasteiger partial charge in [0.15, 0.2) is 11.2 Å². The van der Waals surface area contributed by atoms with Gasteiger partial charge in [-0.15, -0.1) is 0 Å². The van der Waals surface area contributed by atoms with Crippen molar-refractivity contribution in [3.63, 3.8) is 0 Å². The van der Waals surface area contributed by atoms with Gasteiger partial charge in [0.1, 0.15) is 0 Å². The van der Waals surface area contributed by atoms with Gasteiger partial charge in [0.05, 0.1) is 5.52 Å². The van der Waals surface area contributed by atoms with E-state index in [0.717, 1.165) is 12.5 Å². The summed E-state index contributed by atoms with van der Waals surface area (Å²) in [4.78, 5) is 37.4. The van der Waals surface area contributed by atoms with Crippen molar-refractivity contribution in [1.82, 2.24) is 4.98 Å². The van der Waals surface area contributed by atoms with Gasteiger partial charge in [0.25, 0.3) is 0 Å². The molecule has 0 saturated carbocycles. The van der Waals surface area contributed by atoms with Gasteiger partial charge in [0.2, 0.25) is 5.88 Å². The van der Waals surface area contributed by atoms with E-state index < -0.39 is 6.16 Å². The van der Waals surface area contributed by atoms with Gasteiger partial charge >= 0.3 is 6.16 Å². The molecule has 0 aliphatic heterocycles. The molecule has 6 nitrogen and oxygen atoms in total. The van der Waals surface area contributed by atoms with E-state index in [1.165, 1.54) is 0 Å².